The van der Waals surface area contributed by atoms with Gasteiger partial charge in [-0.25, -0.2) is 12.9 Å². The highest BCUT2D eigenvalue weighted by Gasteiger charge is 2.32. The minimum Gasteiger partial charge on any atom is -0.454 e. The fraction of sp³-hybridized carbons (Fsp3) is 0.238. The highest BCUT2D eigenvalue weighted by Crippen LogP contribution is 2.34. The zero-order valence-corrected chi connectivity index (χ0v) is 16.7. The van der Waals surface area contributed by atoms with Gasteiger partial charge in [-0.3, -0.25) is 4.79 Å². The van der Waals surface area contributed by atoms with E-state index in [0.29, 0.717) is 22.6 Å². The summed E-state index contributed by atoms with van der Waals surface area (Å²) in [6.07, 6.45) is 7.81. The van der Waals surface area contributed by atoms with Crippen LogP contribution in [0.1, 0.15) is 23.2 Å². The van der Waals surface area contributed by atoms with Crippen molar-refractivity contribution in [1.29, 1.82) is 0 Å². The maximum absolute atomic E-state index is 13.1. The van der Waals surface area contributed by atoms with Crippen LogP contribution >= 0.6 is 0 Å². The van der Waals surface area contributed by atoms with Gasteiger partial charge in [-0.05, 0) is 43.0 Å². The van der Waals surface area contributed by atoms with Crippen LogP contribution < -0.4 is 10.1 Å². The first-order valence-corrected chi connectivity index (χ1v) is 11.2. The fourth-order valence-corrected chi connectivity index (χ4v) is 3.53. The van der Waals surface area contributed by atoms with Crippen LogP contribution in [-0.2, 0) is 9.84 Å². The Labute approximate surface area is 168 Å². The Morgan fingerprint density at radius 3 is 2.69 bits per heavy atom. The second-order valence-electron chi connectivity index (χ2n) is 7.14. The van der Waals surface area contributed by atoms with Crippen LogP contribution in [0.5, 0.6) is 11.5 Å². The molecule has 1 saturated carbocycles. The number of para-hydroxylation sites is 1. The largest absolute Gasteiger partial charge is 0.454 e. The highest BCUT2D eigenvalue weighted by atomic mass is 32.2. The molecule has 0 unspecified atom stereocenters. The zero-order chi connectivity index (χ0) is 20.4. The van der Waals surface area contributed by atoms with Crippen LogP contribution in [0.3, 0.4) is 0 Å². The topological polar surface area (TPSA) is 89.8 Å². The van der Waals surface area contributed by atoms with Crippen molar-refractivity contribution in [3.05, 3.63) is 71.9 Å². The molecular formula is C21H21N3O4S. The number of nitrogens with one attached hydrogen (secondary N) is 1. The molecule has 0 saturated heterocycles. The lowest BCUT2D eigenvalue weighted by Crippen LogP contribution is -2.35. The summed E-state index contributed by atoms with van der Waals surface area (Å²) >= 11 is 0. The zero-order valence-electron chi connectivity index (χ0n) is 15.9. The molecule has 2 heterocycles. The maximum atomic E-state index is 13.1. The Kier molecular flexibility index (Phi) is 5.10. The molecule has 7 nitrogen and oxygen atoms in total. The van der Waals surface area contributed by atoms with Crippen molar-refractivity contribution in [1.82, 2.24) is 14.9 Å². The molecule has 1 aliphatic rings. The Hall–Kier alpha value is -3.13. The molecule has 3 aromatic rings. The van der Waals surface area contributed by atoms with Crippen LogP contribution in [0.25, 0.3) is 5.52 Å². The number of benzene rings is 1. The number of nitrogens with zero attached hydrogens (tertiary/aromatic N) is 2. The molecule has 8 heteroatoms. The number of sulfone groups is 1. The van der Waals surface area contributed by atoms with Crippen molar-refractivity contribution in [2.45, 2.75) is 18.9 Å². The van der Waals surface area contributed by atoms with E-state index in [-0.39, 0.29) is 17.9 Å². The number of amides is 1. The lowest BCUT2D eigenvalue weighted by Gasteiger charge is -2.17. The molecule has 1 N–H and O–H groups in total. The first-order valence-electron chi connectivity index (χ1n) is 9.29. The van der Waals surface area contributed by atoms with Gasteiger partial charge in [0.2, 0.25) is 0 Å². The van der Waals surface area contributed by atoms with Gasteiger partial charge >= 0.3 is 0 Å². The Balaban J connectivity index is 1.66. The first-order chi connectivity index (χ1) is 13.9. The highest BCUT2D eigenvalue weighted by molar-refractivity contribution is 7.93. The second-order valence-corrected chi connectivity index (χ2v) is 9.07. The normalized spacial score (nSPS) is 15.5. The van der Waals surface area contributed by atoms with Crippen LogP contribution in [0.2, 0.25) is 0 Å². The lowest BCUT2D eigenvalue weighted by molar-refractivity contribution is 0.0938. The van der Waals surface area contributed by atoms with Gasteiger partial charge in [-0.1, -0.05) is 24.3 Å². The summed E-state index contributed by atoms with van der Waals surface area (Å²) in [4.78, 5) is 13.1. The van der Waals surface area contributed by atoms with Crippen LogP contribution in [0.15, 0.2) is 66.3 Å². The number of hydrogen-bond donors (Lipinski definition) is 1. The predicted molar refractivity (Wildman–Crippen MR) is 110 cm³/mol. The van der Waals surface area contributed by atoms with E-state index < -0.39 is 9.84 Å². The van der Waals surface area contributed by atoms with Crippen molar-refractivity contribution in [2.75, 3.05) is 6.26 Å². The molecule has 1 atom stereocenters. The molecule has 0 spiro atoms. The van der Waals surface area contributed by atoms with Gasteiger partial charge in [0.25, 0.3) is 5.91 Å². The summed E-state index contributed by atoms with van der Waals surface area (Å²) in [7, 11) is -3.27. The third kappa shape index (κ3) is 4.65. The second kappa shape index (κ2) is 7.71. The molecule has 1 aliphatic carbocycles. The number of rotatable bonds is 7. The predicted octanol–water partition coefficient (Wildman–Crippen LogP) is 3.19. The quantitative estimate of drug-likeness (QED) is 0.645. The van der Waals surface area contributed by atoms with E-state index in [4.69, 9.17) is 4.74 Å². The van der Waals surface area contributed by atoms with E-state index in [1.807, 2.05) is 42.5 Å². The van der Waals surface area contributed by atoms with Crippen molar-refractivity contribution in [3.8, 4) is 11.5 Å². The van der Waals surface area contributed by atoms with Crippen molar-refractivity contribution in [3.63, 3.8) is 0 Å². The molecular weight excluding hydrogens is 390 g/mol. The summed E-state index contributed by atoms with van der Waals surface area (Å²) in [5, 5.41) is 8.36. The number of carbonyl (C=O) groups excluding carboxylic acids is 1. The summed E-state index contributed by atoms with van der Waals surface area (Å²) in [6, 6.07) is 12.5. The average Bonchev–Trinajstić information content (AvgIpc) is 3.41. The van der Waals surface area contributed by atoms with Gasteiger partial charge in [0.1, 0.15) is 16.8 Å². The van der Waals surface area contributed by atoms with E-state index in [1.54, 1.807) is 16.8 Å². The molecule has 0 aliphatic heterocycles. The van der Waals surface area contributed by atoms with Gasteiger partial charge in [0.05, 0.1) is 12.2 Å². The Morgan fingerprint density at radius 1 is 1.24 bits per heavy atom. The third-order valence-electron chi connectivity index (χ3n) is 4.69. The minimum atomic E-state index is -3.27. The summed E-state index contributed by atoms with van der Waals surface area (Å²) in [5.74, 6) is 0.879. The minimum absolute atomic E-state index is 0.237. The van der Waals surface area contributed by atoms with Crippen molar-refractivity contribution >= 4 is 21.3 Å². The van der Waals surface area contributed by atoms with Crippen LogP contribution in [0.4, 0.5) is 0 Å². The fourth-order valence-electron chi connectivity index (χ4n) is 3.08. The number of fused-ring (bicyclic) bond motifs is 1. The van der Waals surface area contributed by atoms with E-state index in [2.05, 4.69) is 10.4 Å². The molecule has 29 heavy (non-hydrogen) atoms. The average molecular weight is 411 g/mol. The molecule has 0 bridgehead atoms. The molecule has 4 rings (SSSR count). The van der Waals surface area contributed by atoms with Gasteiger partial charge in [0.15, 0.2) is 15.6 Å². The van der Waals surface area contributed by atoms with Gasteiger partial charge in [-0.15, -0.1) is 0 Å². The standard InChI is InChI=1S/C21H21N3O4S/c1-29(26,27)13-11-18(15-9-10-15)23-21(25)17-14-22-24-12-5-8-19(24)20(17)28-16-6-3-2-4-7-16/h2-8,11-15,18H,9-10H2,1H3,(H,23,25)/b13-11+/t18-/m1/s1. The van der Waals surface area contributed by atoms with E-state index in [0.717, 1.165) is 24.5 Å². The first kappa shape index (κ1) is 19.2. The maximum Gasteiger partial charge on any atom is 0.257 e. The Bertz CT molecular complexity index is 1170. The van der Waals surface area contributed by atoms with Crippen molar-refractivity contribution < 1.29 is 17.9 Å². The van der Waals surface area contributed by atoms with Crippen LogP contribution in [0, 0.1) is 5.92 Å². The Morgan fingerprint density at radius 2 is 2.00 bits per heavy atom. The van der Waals surface area contributed by atoms with Crippen LogP contribution in [-0.4, -0.2) is 36.2 Å². The SMILES string of the molecule is CS(=O)(=O)/C=C/[C@@H](NC(=O)c1cnn2cccc2c1Oc1ccccc1)C1CC1. The number of carbonyl (C=O) groups is 1. The molecule has 2 aromatic heterocycles. The number of hydrogen-bond acceptors (Lipinski definition) is 5. The molecule has 0 radical (unpaired) electrons. The van der Waals surface area contributed by atoms with E-state index in [1.165, 1.54) is 6.20 Å². The number of ether oxygens (including phenoxy) is 1. The molecule has 1 amide bonds. The van der Waals surface area contributed by atoms with E-state index >= 15 is 0 Å². The van der Waals surface area contributed by atoms with Gasteiger partial charge in [0, 0.05) is 17.9 Å². The summed E-state index contributed by atoms with van der Waals surface area (Å²) < 4.78 is 30.6. The smallest absolute Gasteiger partial charge is 0.257 e. The summed E-state index contributed by atoms with van der Waals surface area (Å²) in [6.45, 7) is 0. The summed E-state index contributed by atoms with van der Waals surface area (Å²) in [5.41, 5.74) is 0.953. The monoisotopic (exact) mass is 411 g/mol. The van der Waals surface area contributed by atoms with E-state index in [9.17, 15) is 13.2 Å². The van der Waals surface area contributed by atoms with Crippen molar-refractivity contribution in [2.24, 2.45) is 5.92 Å². The molecule has 1 aromatic carbocycles. The third-order valence-corrected chi connectivity index (χ3v) is 5.34. The lowest BCUT2D eigenvalue weighted by atomic mass is 10.1. The number of aromatic nitrogens is 2. The van der Waals surface area contributed by atoms with Gasteiger partial charge in [-0.2, -0.15) is 5.10 Å². The molecule has 150 valence electrons. The van der Waals surface area contributed by atoms with Gasteiger partial charge < -0.3 is 10.1 Å². The molecule has 1 fully saturated rings.